The first-order valence-electron chi connectivity index (χ1n) is 22.0. The van der Waals surface area contributed by atoms with E-state index in [4.69, 9.17) is 21.1 Å². The second-order valence-electron chi connectivity index (χ2n) is 18.6. The van der Waals surface area contributed by atoms with Gasteiger partial charge in [-0.1, -0.05) is 36.7 Å². The lowest BCUT2D eigenvalue weighted by molar-refractivity contribution is 0.0131. The highest BCUT2D eigenvalue weighted by atomic mass is 35.5. The number of anilines is 1. The van der Waals surface area contributed by atoms with E-state index >= 15 is 0 Å². The molecule has 4 heterocycles. The average Bonchev–Trinajstić information content (AvgIpc) is 3.48. The third-order valence-electron chi connectivity index (χ3n) is 13.9. The van der Waals surface area contributed by atoms with Crippen LogP contribution in [-0.4, -0.2) is 101 Å². The highest BCUT2D eigenvalue weighted by molar-refractivity contribution is 7.92. The summed E-state index contributed by atoms with van der Waals surface area (Å²) in [6.07, 6.45) is 11.7. The van der Waals surface area contributed by atoms with Crippen molar-refractivity contribution in [2.24, 2.45) is 29.2 Å². The topological polar surface area (TPSA) is 109 Å². The predicted molar refractivity (Wildman–Crippen MR) is 239 cm³/mol. The Morgan fingerprint density at radius 3 is 2.70 bits per heavy atom. The number of hydrogen-bond donors (Lipinski definition) is 1. The van der Waals surface area contributed by atoms with Gasteiger partial charge in [-0.05, 0) is 125 Å². The van der Waals surface area contributed by atoms with Crippen molar-refractivity contribution in [3.8, 4) is 5.75 Å². The van der Waals surface area contributed by atoms with Crippen molar-refractivity contribution in [3.63, 3.8) is 0 Å². The molecule has 13 heteroatoms. The van der Waals surface area contributed by atoms with Gasteiger partial charge in [-0.25, -0.2) is 4.21 Å². The van der Waals surface area contributed by atoms with E-state index < -0.39 is 21.7 Å². The van der Waals surface area contributed by atoms with Crippen LogP contribution in [0.2, 0.25) is 5.02 Å². The number of nitrogens with zero attached hydrogens (tertiary/aromatic N) is 5. The maximum Gasteiger partial charge on any atom is 0.286 e. The third kappa shape index (κ3) is 8.96. The van der Waals surface area contributed by atoms with Crippen LogP contribution in [0.25, 0.3) is 0 Å². The van der Waals surface area contributed by atoms with Crippen LogP contribution < -0.4 is 14.4 Å². The average molecular weight is 860 g/mol. The summed E-state index contributed by atoms with van der Waals surface area (Å²) in [6.45, 7) is 14.3. The molecule has 1 saturated heterocycles. The van der Waals surface area contributed by atoms with E-state index in [2.05, 4.69) is 68.8 Å². The summed E-state index contributed by atoms with van der Waals surface area (Å²) in [6, 6.07) is 14.5. The molecule has 1 aromatic heterocycles. The molecular formula is C47H63ClN6O5S. The predicted octanol–water partition coefficient (Wildman–Crippen LogP) is 7.66. The molecule has 2 aromatic carbocycles. The molecule has 1 saturated carbocycles. The molecule has 60 heavy (non-hydrogen) atoms. The summed E-state index contributed by atoms with van der Waals surface area (Å²) >= 11 is 6.50. The number of rotatable bonds is 6. The summed E-state index contributed by atoms with van der Waals surface area (Å²) < 4.78 is 36.9. The molecule has 2 amide bonds. The fourth-order valence-electron chi connectivity index (χ4n) is 10.6. The van der Waals surface area contributed by atoms with Crippen molar-refractivity contribution in [2.45, 2.75) is 96.4 Å². The minimum Gasteiger partial charge on any atom is -0.490 e. The minimum atomic E-state index is -3.56. The zero-order valence-electron chi connectivity index (χ0n) is 36.2. The second-order valence-corrected chi connectivity index (χ2v) is 21.1. The minimum absolute atomic E-state index is 0.0162. The third-order valence-corrected chi connectivity index (χ3v) is 16.2. The van der Waals surface area contributed by atoms with Crippen LogP contribution in [0.1, 0.15) is 97.3 Å². The van der Waals surface area contributed by atoms with E-state index in [0.717, 1.165) is 81.2 Å². The van der Waals surface area contributed by atoms with Gasteiger partial charge in [0.2, 0.25) is 0 Å². The van der Waals surface area contributed by atoms with Crippen LogP contribution >= 0.6 is 11.6 Å². The van der Waals surface area contributed by atoms with Gasteiger partial charge in [-0.3, -0.25) is 24.1 Å². The Labute approximate surface area is 362 Å². The van der Waals surface area contributed by atoms with Gasteiger partial charge in [0.05, 0.1) is 29.7 Å². The number of methoxy groups -OCH3 is 1. The van der Waals surface area contributed by atoms with Gasteiger partial charge in [0, 0.05) is 93.4 Å². The van der Waals surface area contributed by atoms with Gasteiger partial charge in [-0.2, -0.15) is 0 Å². The Hall–Kier alpha value is -3.68. The number of aryl methyl sites for hydroxylation is 2. The molecule has 3 aliphatic heterocycles. The standard InChI is InChI=1S/C47H63ClN6O5S/c1-31(2)54-20-19-52(24-33(54)4)27-39-22-37(25-51(39)5)46(56)50-60(57)28-32(3)9-7-11-43(58-6)40-15-12-36(40)26-53-29-47(18-8-10-34-21-38(48)14-16-41(34)47)30-59-44-17-13-35(23-42(44)53)45(55)49-60/h7,11,13-14,16-17,21-23,25,31-33,36,40,43H,8-10,12,15,18-20,24,26-30H2,1-6H3,(H,49,50,55,56,57)/b11-7+/t32-,33+,36-,40+,43-,47-,60-/m0/s1. The molecule has 2 fully saturated rings. The van der Waals surface area contributed by atoms with Crippen LogP contribution in [0.15, 0.2) is 65.2 Å². The van der Waals surface area contributed by atoms with Gasteiger partial charge in [0.15, 0.2) is 0 Å². The van der Waals surface area contributed by atoms with Crippen molar-refractivity contribution < 1.29 is 23.3 Å². The van der Waals surface area contributed by atoms with Gasteiger partial charge < -0.3 is 18.9 Å². The zero-order chi connectivity index (χ0) is 42.3. The number of benzene rings is 2. The van der Waals surface area contributed by atoms with E-state index in [9.17, 15) is 13.8 Å². The van der Waals surface area contributed by atoms with Crippen molar-refractivity contribution >= 4 is 39.0 Å². The number of carbonyl (C=O) groups excluding carboxylic acids is 2. The number of carbonyl (C=O) groups is 2. The molecule has 1 spiro atoms. The van der Waals surface area contributed by atoms with Crippen LogP contribution in [0.5, 0.6) is 5.75 Å². The summed E-state index contributed by atoms with van der Waals surface area (Å²) in [4.78, 5) is 35.7. The van der Waals surface area contributed by atoms with Crippen LogP contribution in [0.3, 0.4) is 0 Å². The smallest absolute Gasteiger partial charge is 0.286 e. The highest BCUT2D eigenvalue weighted by Gasteiger charge is 2.44. The molecule has 11 nitrogen and oxygen atoms in total. The summed E-state index contributed by atoms with van der Waals surface area (Å²) in [5, 5.41) is 0.744. The molecule has 2 bridgehead atoms. The fraction of sp³-hybridized carbons (Fsp3) is 0.574. The number of piperazine rings is 1. The lowest BCUT2D eigenvalue weighted by Gasteiger charge is -2.46. The first-order valence-corrected chi connectivity index (χ1v) is 24.0. The first kappa shape index (κ1) is 43.0. The highest BCUT2D eigenvalue weighted by Crippen LogP contribution is 2.47. The molecular weight excluding hydrogens is 796 g/mol. The SMILES string of the molecule is CO[C@H]1/C=C/C[C@H](C)C[S@@](=O)(NC(=O)c2cc(CN3CCN(C(C)C)[C@H](C)C3)n(C)c2)=NC(=O)c2ccc3c(c2)N(C[C@@H]2CC[C@H]21)C[C@@]1(CCCc2cc(Cl)ccc21)CO3. The van der Waals surface area contributed by atoms with Crippen molar-refractivity contribution in [1.82, 2.24) is 19.1 Å². The number of ether oxygens (including phenoxy) is 2. The van der Waals surface area contributed by atoms with Crippen molar-refractivity contribution in [1.29, 1.82) is 0 Å². The number of halogens is 1. The number of hydrogen-bond acceptors (Lipinski definition) is 8. The van der Waals surface area contributed by atoms with Gasteiger partial charge in [0.25, 0.3) is 11.8 Å². The Kier molecular flexibility index (Phi) is 12.6. The maximum atomic E-state index is 14.9. The van der Waals surface area contributed by atoms with Crippen LogP contribution in [-0.2, 0) is 40.1 Å². The van der Waals surface area contributed by atoms with E-state index in [-0.39, 0.29) is 23.2 Å². The number of fused-ring (bicyclic) bond motifs is 4. The van der Waals surface area contributed by atoms with Crippen LogP contribution in [0.4, 0.5) is 5.69 Å². The zero-order valence-corrected chi connectivity index (χ0v) is 37.8. The molecule has 3 aromatic rings. The number of aromatic nitrogens is 1. The first-order chi connectivity index (χ1) is 28.7. The molecule has 324 valence electrons. The maximum absolute atomic E-state index is 14.9. The Morgan fingerprint density at radius 2 is 1.95 bits per heavy atom. The molecule has 7 atom stereocenters. The summed E-state index contributed by atoms with van der Waals surface area (Å²) in [5.74, 6) is 0.167. The van der Waals surface area contributed by atoms with Gasteiger partial charge in [0.1, 0.15) is 15.7 Å². The quantitative estimate of drug-likeness (QED) is 0.252. The Bertz CT molecular complexity index is 2250. The van der Waals surface area contributed by atoms with E-state index in [1.54, 1.807) is 19.4 Å². The molecule has 1 N–H and O–H groups in total. The lowest BCUT2D eigenvalue weighted by atomic mass is 9.68. The van der Waals surface area contributed by atoms with E-state index in [1.807, 2.05) is 42.8 Å². The number of allylic oxidation sites excluding steroid dienone is 1. The Balaban J connectivity index is 1.11. The molecule has 2 aliphatic carbocycles. The fourth-order valence-corrected chi connectivity index (χ4v) is 12.7. The molecule has 8 rings (SSSR count). The van der Waals surface area contributed by atoms with Crippen molar-refractivity contribution in [2.75, 3.05) is 57.1 Å². The Morgan fingerprint density at radius 1 is 1.12 bits per heavy atom. The largest absolute Gasteiger partial charge is 0.490 e. The van der Waals surface area contributed by atoms with Crippen LogP contribution in [0, 0.1) is 17.8 Å². The van der Waals surface area contributed by atoms with Gasteiger partial charge >= 0.3 is 0 Å². The number of amides is 2. The normalized spacial score (nSPS) is 30.7. The lowest BCUT2D eigenvalue weighted by Crippen LogP contribution is -2.53. The molecule has 0 radical (unpaired) electrons. The van der Waals surface area contributed by atoms with E-state index in [0.29, 0.717) is 60.4 Å². The van der Waals surface area contributed by atoms with E-state index in [1.165, 1.54) is 11.1 Å². The molecule has 5 aliphatic rings. The van der Waals surface area contributed by atoms with Crippen molar-refractivity contribution in [3.05, 3.63) is 93.8 Å². The summed E-state index contributed by atoms with van der Waals surface area (Å²) in [5.41, 5.74) is 4.81. The van der Waals surface area contributed by atoms with Gasteiger partial charge in [-0.15, -0.1) is 4.36 Å². The number of nitrogens with one attached hydrogen (secondary N) is 1. The monoisotopic (exact) mass is 858 g/mol. The molecule has 0 unspecified atom stereocenters. The summed E-state index contributed by atoms with van der Waals surface area (Å²) in [7, 11) is 0.150. The second kappa shape index (κ2) is 17.6.